The number of hydrogen-bond donors (Lipinski definition) is 0. The van der Waals surface area contributed by atoms with Crippen molar-refractivity contribution >= 4 is 11.1 Å². The molecule has 102 valence electrons. The van der Waals surface area contributed by atoms with E-state index >= 15 is 0 Å². The van der Waals surface area contributed by atoms with E-state index in [-0.39, 0.29) is 5.76 Å². The summed E-state index contributed by atoms with van der Waals surface area (Å²) >= 11 is 0. The monoisotopic (exact) mass is 267 g/mol. The number of fused-ring (bicyclic) bond motifs is 1. The Morgan fingerprint density at radius 1 is 1.10 bits per heavy atom. The normalized spacial score (nSPS) is 11.1. The molecular weight excluding hydrogens is 250 g/mol. The fourth-order valence-electron chi connectivity index (χ4n) is 2.47. The van der Waals surface area contributed by atoms with Gasteiger partial charge in [-0.15, -0.1) is 0 Å². The van der Waals surface area contributed by atoms with E-state index in [1.807, 2.05) is 30.3 Å². The minimum Gasteiger partial charge on any atom is -0.408 e. The van der Waals surface area contributed by atoms with Gasteiger partial charge in [0.05, 0.1) is 12.1 Å². The van der Waals surface area contributed by atoms with Crippen LogP contribution < -0.4 is 5.76 Å². The summed E-state index contributed by atoms with van der Waals surface area (Å²) in [6.45, 7) is 4.69. The van der Waals surface area contributed by atoms with E-state index in [4.69, 9.17) is 4.42 Å². The van der Waals surface area contributed by atoms with Gasteiger partial charge >= 0.3 is 5.76 Å². The number of benzene rings is 2. The predicted octanol–water partition coefficient (Wildman–Crippen LogP) is 3.51. The topological polar surface area (TPSA) is 35.1 Å². The first-order valence-corrected chi connectivity index (χ1v) is 6.85. The van der Waals surface area contributed by atoms with E-state index in [2.05, 4.69) is 26.0 Å². The van der Waals surface area contributed by atoms with Crippen molar-refractivity contribution in [1.82, 2.24) is 4.57 Å². The third-order valence-corrected chi connectivity index (χ3v) is 3.56. The van der Waals surface area contributed by atoms with Crippen LogP contribution in [0.5, 0.6) is 0 Å². The van der Waals surface area contributed by atoms with Gasteiger partial charge < -0.3 is 4.42 Å². The maximum Gasteiger partial charge on any atom is 0.420 e. The molecule has 3 aromatic rings. The highest BCUT2D eigenvalue weighted by Crippen LogP contribution is 2.17. The SMILES string of the molecule is CCc1ccc2oc(=O)n(Cc3cccc(C)c3)c2c1. The summed E-state index contributed by atoms with van der Waals surface area (Å²) in [4.78, 5) is 12.0. The molecule has 1 heterocycles. The van der Waals surface area contributed by atoms with Crippen LogP contribution in [0.3, 0.4) is 0 Å². The molecule has 3 rings (SSSR count). The Hall–Kier alpha value is -2.29. The van der Waals surface area contributed by atoms with Crippen LogP contribution in [0.25, 0.3) is 11.1 Å². The first kappa shape index (κ1) is 12.7. The molecule has 0 spiro atoms. The van der Waals surface area contributed by atoms with Gasteiger partial charge in [0.1, 0.15) is 0 Å². The van der Waals surface area contributed by atoms with Gasteiger partial charge in [-0.2, -0.15) is 0 Å². The van der Waals surface area contributed by atoms with E-state index in [0.717, 1.165) is 17.5 Å². The van der Waals surface area contributed by atoms with E-state index in [1.165, 1.54) is 11.1 Å². The second kappa shape index (κ2) is 5.00. The largest absolute Gasteiger partial charge is 0.420 e. The van der Waals surface area contributed by atoms with E-state index < -0.39 is 0 Å². The van der Waals surface area contributed by atoms with E-state index in [9.17, 15) is 4.79 Å². The number of aryl methyl sites for hydroxylation is 2. The van der Waals surface area contributed by atoms with E-state index in [1.54, 1.807) is 4.57 Å². The molecule has 0 aliphatic carbocycles. The van der Waals surface area contributed by atoms with Gasteiger partial charge in [0.15, 0.2) is 5.58 Å². The van der Waals surface area contributed by atoms with Gasteiger partial charge in [0.25, 0.3) is 0 Å². The summed E-state index contributed by atoms with van der Waals surface area (Å²) in [5, 5.41) is 0. The lowest BCUT2D eigenvalue weighted by atomic mass is 10.1. The second-order valence-corrected chi connectivity index (χ2v) is 5.10. The number of hydrogen-bond acceptors (Lipinski definition) is 2. The molecule has 0 bridgehead atoms. The van der Waals surface area contributed by atoms with Crippen LogP contribution in [-0.4, -0.2) is 4.57 Å². The number of aromatic nitrogens is 1. The highest BCUT2D eigenvalue weighted by Gasteiger charge is 2.10. The van der Waals surface area contributed by atoms with Crippen molar-refractivity contribution in [3.05, 3.63) is 69.7 Å². The summed E-state index contributed by atoms with van der Waals surface area (Å²) in [5.41, 5.74) is 5.03. The Labute approximate surface area is 117 Å². The Bertz CT molecular complexity index is 811. The maximum atomic E-state index is 12.0. The van der Waals surface area contributed by atoms with Crippen LogP contribution in [0.1, 0.15) is 23.6 Å². The van der Waals surface area contributed by atoms with Crippen molar-refractivity contribution < 1.29 is 4.42 Å². The lowest BCUT2D eigenvalue weighted by molar-refractivity contribution is 0.517. The quantitative estimate of drug-likeness (QED) is 0.728. The zero-order valence-electron chi connectivity index (χ0n) is 11.7. The van der Waals surface area contributed by atoms with Gasteiger partial charge in [-0.3, -0.25) is 4.57 Å². The molecular formula is C17H17NO2. The lowest BCUT2D eigenvalue weighted by Crippen LogP contribution is -2.14. The maximum absolute atomic E-state index is 12.0. The van der Waals surface area contributed by atoms with Crippen LogP contribution in [0.4, 0.5) is 0 Å². The highest BCUT2D eigenvalue weighted by molar-refractivity contribution is 5.73. The van der Waals surface area contributed by atoms with Gasteiger partial charge in [-0.1, -0.05) is 42.8 Å². The fourth-order valence-corrected chi connectivity index (χ4v) is 2.47. The van der Waals surface area contributed by atoms with Gasteiger partial charge in [0.2, 0.25) is 0 Å². The summed E-state index contributed by atoms with van der Waals surface area (Å²) in [6, 6.07) is 14.1. The molecule has 2 aromatic carbocycles. The average Bonchev–Trinajstić information content (AvgIpc) is 2.74. The van der Waals surface area contributed by atoms with Gasteiger partial charge in [0, 0.05) is 0 Å². The Kier molecular flexibility index (Phi) is 3.18. The van der Waals surface area contributed by atoms with Gasteiger partial charge in [-0.05, 0) is 36.6 Å². The third kappa shape index (κ3) is 2.27. The second-order valence-electron chi connectivity index (χ2n) is 5.10. The Morgan fingerprint density at radius 2 is 1.95 bits per heavy atom. The number of oxazole rings is 1. The van der Waals surface area contributed by atoms with Crippen LogP contribution in [0, 0.1) is 6.92 Å². The van der Waals surface area contributed by atoms with Crippen molar-refractivity contribution in [2.45, 2.75) is 26.8 Å². The number of rotatable bonds is 3. The highest BCUT2D eigenvalue weighted by atomic mass is 16.4. The molecule has 20 heavy (non-hydrogen) atoms. The molecule has 1 aromatic heterocycles. The van der Waals surface area contributed by atoms with E-state index in [0.29, 0.717) is 12.1 Å². The Morgan fingerprint density at radius 3 is 2.70 bits per heavy atom. The summed E-state index contributed by atoms with van der Waals surface area (Å²) in [7, 11) is 0. The molecule has 0 N–H and O–H groups in total. The first-order chi connectivity index (χ1) is 9.67. The molecule has 0 atom stereocenters. The molecule has 0 aliphatic heterocycles. The fraction of sp³-hybridized carbons (Fsp3) is 0.235. The van der Waals surface area contributed by atoms with Crippen molar-refractivity contribution in [3.8, 4) is 0 Å². The minimum absolute atomic E-state index is 0.297. The molecule has 0 amide bonds. The molecule has 0 radical (unpaired) electrons. The van der Waals surface area contributed by atoms with Crippen LogP contribution in [0.2, 0.25) is 0 Å². The summed E-state index contributed by atoms with van der Waals surface area (Å²) in [5.74, 6) is -0.297. The van der Waals surface area contributed by atoms with Crippen molar-refractivity contribution in [2.24, 2.45) is 0 Å². The molecule has 3 heteroatoms. The smallest absolute Gasteiger partial charge is 0.408 e. The summed E-state index contributed by atoms with van der Waals surface area (Å²) < 4.78 is 7.01. The van der Waals surface area contributed by atoms with Gasteiger partial charge in [-0.25, -0.2) is 4.79 Å². The lowest BCUT2D eigenvalue weighted by Gasteiger charge is -2.04. The zero-order valence-corrected chi connectivity index (χ0v) is 11.7. The van der Waals surface area contributed by atoms with Crippen LogP contribution in [-0.2, 0) is 13.0 Å². The average molecular weight is 267 g/mol. The van der Waals surface area contributed by atoms with Crippen molar-refractivity contribution in [3.63, 3.8) is 0 Å². The molecule has 0 unspecified atom stereocenters. The standard InChI is InChI=1S/C17H17NO2/c1-3-13-7-8-16-15(10-13)18(17(19)20-16)11-14-6-4-5-12(2)9-14/h4-10H,3,11H2,1-2H3. The van der Waals surface area contributed by atoms with Crippen molar-refractivity contribution in [2.75, 3.05) is 0 Å². The van der Waals surface area contributed by atoms with Crippen LogP contribution >= 0.6 is 0 Å². The molecule has 0 saturated heterocycles. The minimum atomic E-state index is -0.297. The molecule has 0 fully saturated rings. The molecule has 3 nitrogen and oxygen atoms in total. The number of nitrogens with zero attached hydrogens (tertiary/aromatic N) is 1. The molecule has 0 saturated carbocycles. The Balaban J connectivity index is 2.10. The third-order valence-electron chi connectivity index (χ3n) is 3.56. The van der Waals surface area contributed by atoms with Crippen molar-refractivity contribution in [1.29, 1.82) is 0 Å². The van der Waals surface area contributed by atoms with Crippen LogP contribution in [0.15, 0.2) is 51.7 Å². The summed E-state index contributed by atoms with van der Waals surface area (Å²) in [6.07, 6.45) is 0.944. The zero-order chi connectivity index (χ0) is 14.1. The predicted molar refractivity (Wildman–Crippen MR) is 80.1 cm³/mol. The molecule has 0 aliphatic rings. The first-order valence-electron chi connectivity index (χ1n) is 6.85.